The topological polar surface area (TPSA) is 127 Å². The van der Waals surface area contributed by atoms with Crippen molar-refractivity contribution in [1.29, 1.82) is 0 Å². The van der Waals surface area contributed by atoms with Gasteiger partial charge in [0.15, 0.2) is 0 Å². The molecule has 1 aromatic carbocycles. The lowest BCUT2D eigenvalue weighted by Crippen LogP contribution is -2.35. The van der Waals surface area contributed by atoms with Crippen LogP contribution in [0.4, 0.5) is 16.2 Å². The summed E-state index contributed by atoms with van der Waals surface area (Å²) in [4.78, 5) is 25.6. The molecule has 35 heavy (non-hydrogen) atoms. The van der Waals surface area contributed by atoms with E-state index in [1.807, 2.05) is 50.4 Å². The highest BCUT2D eigenvalue weighted by atomic mass is 32.1. The van der Waals surface area contributed by atoms with Gasteiger partial charge in [-0.2, -0.15) is 0 Å². The Morgan fingerprint density at radius 1 is 1.17 bits per heavy atom. The molecule has 3 heterocycles. The van der Waals surface area contributed by atoms with E-state index in [0.29, 0.717) is 23.7 Å². The number of amides is 1. The van der Waals surface area contributed by atoms with Crippen LogP contribution in [0.2, 0.25) is 0 Å². The number of hydrogen-bond acceptors (Lipinski definition) is 8. The number of nitrogens with two attached hydrogens (primary N) is 1. The Labute approximate surface area is 208 Å². The number of carboxylic acid groups (broad SMARTS) is 1. The van der Waals surface area contributed by atoms with Gasteiger partial charge in [-0.05, 0) is 62.0 Å². The van der Waals surface area contributed by atoms with E-state index >= 15 is 0 Å². The second-order valence-corrected chi connectivity index (χ2v) is 9.81. The number of benzene rings is 1. The number of nitrogens with one attached hydrogen (secondary N) is 1. The van der Waals surface area contributed by atoms with E-state index in [9.17, 15) is 9.59 Å². The standard InChI is InChI=1S/C15H18N2O2S.C10H13NO4/c1-15(2,3)19-14(18)17-12-7-6-10(9-11(12)16)13-5-4-8-20-13;12-10(13)9-2-1-8(15-9)7-11-3-5-14-6-4-11/h4-9H,16H2,1-3H3,(H,17,18);1-2H,3-7H2,(H,12,13). The lowest BCUT2D eigenvalue weighted by molar-refractivity contribution is 0.0309. The van der Waals surface area contributed by atoms with Crippen LogP contribution in [0.25, 0.3) is 10.4 Å². The van der Waals surface area contributed by atoms with Gasteiger partial charge in [0.05, 0.1) is 31.1 Å². The number of aromatic carboxylic acids is 1. The van der Waals surface area contributed by atoms with Crippen LogP contribution in [-0.4, -0.2) is 54.0 Å². The van der Waals surface area contributed by atoms with Crippen LogP contribution < -0.4 is 11.1 Å². The zero-order chi connectivity index (χ0) is 25.4. The van der Waals surface area contributed by atoms with Crippen molar-refractivity contribution in [2.75, 3.05) is 37.4 Å². The SMILES string of the molecule is CC(C)(C)OC(=O)Nc1ccc(-c2cccs2)cc1N.O=C(O)c1ccc(CN2CCOCC2)o1. The second-order valence-electron chi connectivity index (χ2n) is 8.87. The molecule has 1 aliphatic rings. The zero-order valence-corrected chi connectivity index (χ0v) is 20.9. The van der Waals surface area contributed by atoms with Crippen LogP contribution in [0.15, 0.2) is 52.3 Å². The molecule has 0 atom stereocenters. The molecule has 1 saturated heterocycles. The van der Waals surface area contributed by atoms with Gasteiger partial charge in [-0.25, -0.2) is 9.59 Å². The van der Waals surface area contributed by atoms with Crippen molar-refractivity contribution in [3.63, 3.8) is 0 Å². The molecule has 0 spiro atoms. The van der Waals surface area contributed by atoms with Crippen molar-refractivity contribution in [3.05, 3.63) is 59.4 Å². The molecule has 0 aliphatic carbocycles. The predicted octanol–water partition coefficient (Wildman–Crippen LogP) is 5.15. The fourth-order valence-electron chi connectivity index (χ4n) is 3.24. The van der Waals surface area contributed by atoms with Gasteiger partial charge in [-0.15, -0.1) is 11.3 Å². The molecular formula is C25H31N3O6S. The minimum absolute atomic E-state index is 0.00161. The monoisotopic (exact) mass is 501 g/mol. The van der Waals surface area contributed by atoms with Crippen LogP contribution in [-0.2, 0) is 16.0 Å². The van der Waals surface area contributed by atoms with Gasteiger partial charge in [0.2, 0.25) is 5.76 Å². The molecule has 10 heteroatoms. The van der Waals surface area contributed by atoms with E-state index < -0.39 is 17.7 Å². The van der Waals surface area contributed by atoms with Gasteiger partial charge in [0.1, 0.15) is 11.4 Å². The van der Waals surface area contributed by atoms with Crippen molar-refractivity contribution >= 4 is 34.8 Å². The van der Waals surface area contributed by atoms with E-state index in [0.717, 1.165) is 36.7 Å². The van der Waals surface area contributed by atoms with Crippen LogP contribution >= 0.6 is 11.3 Å². The Hall–Kier alpha value is -3.34. The van der Waals surface area contributed by atoms with E-state index in [2.05, 4.69) is 10.2 Å². The smallest absolute Gasteiger partial charge is 0.412 e. The number of morpholine rings is 1. The Kier molecular flexibility index (Phi) is 8.91. The molecule has 9 nitrogen and oxygen atoms in total. The first-order valence-corrected chi connectivity index (χ1v) is 12.0. The van der Waals surface area contributed by atoms with Crippen molar-refractivity contribution in [2.24, 2.45) is 0 Å². The summed E-state index contributed by atoms with van der Waals surface area (Å²) < 4.78 is 15.6. The number of ether oxygens (including phenoxy) is 2. The normalized spacial score (nSPS) is 14.0. The van der Waals surface area contributed by atoms with Crippen molar-refractivity contribution in [1.82, 2.24) is 4.90 Å². The largest absolute Gasteiger partial charge is 0.475 e. The average molecular weight is 502 g/mol. The first kappa shape index (κ1) is 26.3. The van der Waals surface area contributed by atoms with Crippen LogP contribution in [0.5, 0.6) is 0 Å². The molecule has 3 aromatic rings. The van der Waals surface area contributed by atoms with Gasteiger partial charge in [0.25, 0.3) is 0 Å². The Balaban J connectivity index is 0.000000203. The maximum atomic E-state index is 11.7. The number of carbonyl (C=O) groups excluding carboxylic acids is 1. The predicted molar refractivity (Wildman–Crippen MR) is 136 cm³/mol. The Bertz CT molecular complexity index is 1110. The summed E-state index contributed by atoms with van der Waals surface area (Å²) in [5.41, 5.74) is 7.55. The van der Waals surface area contributed by atoms with Gasteiger partial charge >= 0.3 is 12.1 Å². The number of nitrogens with zero attached hydrogens (tertiary/aromatic N) is 1. The number of anilines is 2. The van der Waals surface area contributed by atoms with E-state index in [1.165, 1.54) is 6.07 Å². The molecule has 1 fully saturated rings. The quantitative estimate of drug-likeness (QED) is 0.410. The molecule has 4 rings (SSSR count). The highest BCUT2D eigenvalue weighted by Crippen LogP contribution is 2.30. The number of thiophene rings is 1. The fourth-order valence-corrected chi connectivity index (χ4v) is 3.97. The summed E-state index contributed by atoms with van der Waals surface area (Å²) in [6.45, 7) is 9.28. The maximum absolute atomic E-state index is 11.7. The van der Waals surface area contributed by atoms with Crippen LogP contribution in [0.1, 0.15) is 37.1 Å². The highest BCUT2D eigenvalue weighted by Gasteiger charge is 2.17. The molecule has 4 N–H and O–H groups in total. The first-order chi connectivity index (χ1) is 16.6. The van der Waals surface area contributed by atoms with Crippen molar-refractivity contribution in [3.8, 4) is 10.4 Å². The number of carbonyl (C=O) groups is 2. The molecule has 0 radical (unpaired) electrons. The summed E-state index contributed by atoms with van der Waals surface area (Å²) in [6, 6.07) is 12.8. The summed E-state index contributed by atoms with van der Waals surface area (Å²) in [5, 5.41) is 13.3. The molecule has 188 valence electrons. The van der Waals surface area contributed by atoms with Crippen LogP contribution in [0, 0.1) is 0 Å². The molecule has 0 unspecified atom stereocenters. The average Bonchev–Trinajstić information content (AvgIpc) is 3.48. The molecule has 0 bridgehead atoms. The number of hydrogen-bond donors (Lipinski definition) is 3. The number of furan rings is 1. The Morgan fingerprint density at radius 3 is 2.49 bits per heavy atom. The minimum atomic E-state index is -1.02. The summed E-state index contributed by atoms with van der Waals surface area (Å²) in [5.74, 6) is -0.337. The third kappa shape index (κ3) is 8.43. The minimum Gasteiger partial charge on any atom is -0.475 e. The van der Waals surface area contributed by atoms with Crippen molar-refractivity contribution in [2.45, 2.75) is 32.9 Å². The lowest BCUT2D eigenvalue weighted by atomic mass is 10.1. The second kappa shape index (κ2) is 11.9. The molecular weight excluding hydrogens is 470 g/mol. The van der Waals surface area contributed by atoms with Gasteiger partial charge in [0, 0.05) is 18.0 Å². The fraction of sp³-hybridized carbons (Fsp3) is 0.360. The van der Waals surface area contributed by atoms with E-state index in [-0.39, 0.29) is 5.76 Å². The third-order valence-electron chi connectivity index (χ3n) is 4.85. The number of carboxylic acids is 1. The number of nitrogen functional groups attached to an aromatic ring is 1. The van der Waals surface area contributed by atoms with Gasteiger partial charge < -0.3 is 24.7 Å². The summed E-state index contributed by atoms with van der Waals surface area (Å²) >= 11 is 1.64. The highest BCUT2D eigenvalue weighted by molar-refractivity contribution is 7.13. The van der Waals surface area contributed by atoms with Gasteiger partial charge in [-0.1, -0.05) is 12.1 Å². The van der Waals surface area contributed by atoms with Crippen LogP contribution in [0.3, 0.4) is 0 Å². The maximum Gasteiger partial charge on any atom is 0.412 e. The molecule has 1 amide bonds. The number of rotatable bonds is 5. The van der Waals surface area contributed by atoms with E-state index in [1.54, 1.807) is 23.5 Å². The van der Waals surface area contributed by atoms with E-state index in [4.69, 9.17) is 24.7 Å². The third-order valence-corrected chi connectivity index (χ3v) is 5.77. The molecule has 2 aromatic heterocycles. The summed E-state index contributed by atoms with van der Waals surface area (Å²) in [7, 11) is 0. The van der Waals surface area contributed by atoms with Crippen molar-refractivity contribution < 1.29 is 28.6 Å². The Morgan fingerprint density at radius 2 is 1.91 bits per heavy atom. The summed E-state index contributed by atoms with van der Waals surface area (Å²) in [6.07, 6.45) is -0.506. The zero-order valence-electron chi connectivity index (χ0n) is 20.1. The lowest BCUT2D eigenvalue weighted by Gasteiger charge is -2.25. The molecule has 0 saturated carbocycles. The molecule has 1 aliphatic heterocycles. The first-order valence-electron chi connectivity index (χ1n) is 11.2. The van der Waals surface area contributed by atoms with Gasteiger partial charge in [-0.3, -0.25) is 10.2 Å².